The zero-order chi connectivity index (χ0) is 42.7. The maximum atomic E-state index is 2.35. The summed E-state index contributed by atoms with van der Waals surface area (Å²) >= 11 is 0. The van der Waals surface area contributed by atoms with Gasteiger partial charge in [-0.25, -0.2) is 0 Å². The third kappa shape index (κ3) is 7.81. The van der Waals surface area contributed by atoms with Crippen LogP contribution in [0.5, 0.6) is 0 Å². The van der Waals surface area contributed by atoms with Crippen LogP contribution < -0.4 is 9.80 Å². The molecule has 11 aromatic carbocycles. The number of nitrogens with zero attached hydrogens (tertiary/aromatic N) is 2. The Bertz CT molecular complexity index is 3090. The first-order valence-electron chi connectivity index (χ1n) is 21.9. The van der Waals surface area contributed by atoms with Gasteiger partial charge < -0.3 is 9.80 Å². The molecule has 0 amide bonds. The molecule has 0 saturated carbocycles. The lowest BCUT2D eigenvalue weighted by Gasteiger charge is -2.26. The second-order valence-corrected chi connectivity index (χ2v) is 16.2. The molecule has 0 aliphatic heterocycles. The molecule has 11 rings (SSSR count). The highest BCUT2D eigenvalue weighted by Gasteiger charge is 2.16. The molecule has 0 heterocycles. The van der Waals surface area contributed by atoms with Crippen molar-refractivity contribution >= 4 is 55.7 Å². The fourth-order valence-corrected chi connectivity index (χ4v) is 8.85. The first kappa shape index (κ1) is 38.5. The van der Waals surface area contributed by atoms with E-state index in [-0.39, 0.29) is 0 Å². The predicted octanol–water partition coefficient (Wildman–Crippen LogP) is 17.6. The number of anilines is 6. The van der Waals surface area contributed by atoms with Gasteiger partial charge in [-0.2, -0.15) is 0 Å². The summed E-state index contributed by atoms with van der Waals surface area (Å²) in [6.45, 7) is 0. The summed E-state index contributed by atoms with van der Waals surface area (Å²) in [5.41, 5.74) is 16.2. The van der Waals surface area contributed by atoms with Crippen molar-refractivity contribution in [3.05, 3.63) is 267 Å². The van der Waals surface area contributed by atoms with Crippen LogP contribution in [0.2, 0.25) is 0 Å². The standard InChI is InChI=1S/C62H44N2/c1-3-11-45(12-4-1)51-23-33-57(34-24-51)63(61-41-31-47-15-7-9-17-55(47)43-61)59-37-27-53(28-38-59)49-19-21-50(22-20-49)54-29-39-60(40-30-54)64(62-42-32-48-16-8-10-18-56(48)44-62)58-35-25-52(26-36-58)46-13-5-2-6-14-46/h1-44H. The Morgan fingerprint density at radius 2 is 0.375 bits per heavy atom. The van der Waals surface area contributed by atoms with Crippen LogP contribution >= 0.6 is 0 Å². The van der Waals surface area contributed by atoms with Gasteiger partial charge in [-0.3, -0.25) is 0 Å². The van der Waals surface area contributed by atoms with Gasteiger partial charge in [0.2, 0.25) is 0 Å². The van der Waals surface area contributed by atoms with E-state index in [1.165, 1.54) is 66.1 Å². The smallest absolute Gasteiger partial charge is 0.0468 e. The van der Waals surface area contributed by atoms with Gasteiger partial charge in [0.05, 0.1) is 0 Å². The maximum absolute atomic E-state index is 2.35. The molecule has 0 aliphatic rings. The topological polar surface area (TPSA) is 6.48 Å². The minimum Gasteiger partial charge on any atom is -0.310 e. The van der Waals surface area contributed by atoms with Crippen molar-refractivity contribution in [1.29, 1.82) is 0 Å². The van der Waals surface area contributed by atoms with E-state index in [0.717, 1.165) is 34.1 Å². The molecule has 64 heavy (non-hydrogen) atoms. The minimum absolute atomic E-state index is 1.10. The molecule has 0 spiro atoms. The van der Waals surface area contributed by atoms with Gasteiger partial charge in [-0.05, 0) is 139 Å². The van der Waals surface area contributed by atoms with Gasteiger partial charge in [-0.1, -0.05) is 194 Å². The first-order chi connectivity index (χ1) is 31.7. The molecule has 0 saturated heterocycles. The van der Waals surface area contributed by atoms with Gasteiger partial charge in [0.1, 0.15) is 0 Å². The number of benzene rings is 11. The Morgan fingerprint density at radius 3 is 0.672 bits per heavy atom. The van der Waals surface area contributed by atoms with Crippen molar-refractivity contribution in [2.45, 2.75) is 0 Å². The highest BCUT2D eigenvalue weighted by atomic mass is 15.1. The number of rotatable bonds is 10. The maximum Gasteiger partial charge on any atom is 0.0468 e. The lowest BCUT2D eigenvalue weighted by molar-refractivity contribution is 1.29. The Kier molecular flexibility index (Phi) is 10.3. The van der Waals surface area contributed by atoms with Crippen LogP contribution in [0.1, 0.15) is 0 Å². The van der Waals surface area contributed by atoms with E-state index in [9.17, 15) is 0 Å². The van der Waals surface area contributed by atoms with Crippen LogP contribution in [-0.4, -0.2) is 0 Å². The van der Waals surface area contributed by atoms with Gasteiger partial charge >= 0.3 is 0 Å². The van der Waals surface area contributed by atoms with Crippen molar-refractivity contribution < 1.29 is 0 Å². The van der Waals surface area contributed by atoms with Gasteiger partial charge in [-0.15, -0.1) is 0 Å². The largest absolute Gasteiger partial charge is 0.310 e. The van der Waals surface area contributed by atoms with E-state index < -0.39 is 0 Å². The molecule has 0 radical (unpaired) electrons. The molecule has 0 fully saturated rings. The number of hydrogen-bond acceptors (Lipinski definition) is 2. The van der Waals surface area contributed by atoms with Gasteiger partial charge in [0.15, 0.2) is 0 Å². The highest BCUT2D eigenvalue weighted by molar-refractivity contribution is 5.91. The SMILES string of the molecule is c1ccc(-c2ccc(N(c3ccc(-c4ccc(-c5ccc(N(c6ccc(-c7ccccc7)cc6)c6ccc7ccccc7c6)cc5)cc4)cc3)c3ccc4ccccc4c3)cc2)cc1. The van der Waals surface area contributed by atoms with E-state index in [0.29, 0.717) is 0 Å². The molecule has 0 aliphatic carbocycles. The molecular formula is C62H44N2. The fourth-order valence-electron chi connectivity index (χ4n) is 8.85. The zero-order valence-electron chi connectivity index (χ0n) is 35.3. The van der Waals surface area contributed by atoms with Crippen molar-refractivity contribution in [1.82, 2.24) is 0 Å². The van der Waals surface area contributed by atoms with Crippen molar-refractivity contribution in [2.24, 2.45) is 0 Å². The van der Waals surface area contributed by atoms with Gasteiger partial charge in [0.25, 0.3) is 0 Å². The van der Waals surface area contributed by atoms with E-state index >= 15 is 0 Å². The van der Waals surface area contributed by atoms with Crippen molar-refractivity contribution in [3.63, 3.8) is 0 Å². The number of hydrogen-bond donors (Lipinski definition) is 0. The Hall–Kier alpha value is -8.46. The minimum atomic E-state index is 1.10. The Balaban J connectivity index is 0.867. The predicted molar refractivity (Wildman–Crippen MR) is 273 cm³/mol. The highest BCUT2D eigenvalue weighted by Crippen LogP contribution is 2.40. The number of fused-ring (bicyclic) bond motifs is 2. The van der Waals surface area contributed by atoms with E-state index in [2.05, 4.69) is 277 Å². The van der Waals surface area contributed by atoms with Crippen LogP contribution in [0.25, 0.3) is 66.1 Å². The molecule has 2 heteroatoms. The van der Waals surface area contributed by atoms with E-state index in [4.69, 9.17) is 0 Å². The molecule has 0 atom stereocenters. The van der Waals surface area contributed by atoms with Crippen LogP contribution in [0.4, 0.5) is 34.1 Å². The summed E-state index contributed by atoms with van der Waals surface area (Å²) in [6.07, 6.45) is 0. The molecular weight excluding hydrogens is 773 g/mol. The first-order valence-corrected chi connectivity index (χ1v) is 21.9. The normalized spacial score (nSPS) is 11.1. The second-order valence-electron chi connectivity index (χ2n) is 16.2. The summed E-state index contributed by atoms with van der Waals surface area (Å²) in [4.78, 5) is 4.69. The lowest BCUT2D eigenvalue weighted by Crippen LogP contribution is -2.09. The van der Waals surface area contributed by atoms with Gasteiger partial charge in [0, 0.05) is 34.1 Å². The monoisotopic (exact) mass is 816 g/mol. The van der Waals surface area contributed by atoms with Crippen molar-refractivity contribution in [3.8, 4) is 44.5 Å². The quantitative estimate of drug-likeness (QED) is 0.136. The third-order valence-corrected chi connectivity index (χ3v) is 12.3. The molecule has 2 nitrogen and oxygen atoms in total. The van der Waals surface area contributed by atoms with Crippen LogP contribution in [0, 0.1) is 0 Å². The van der Waals surface area contributed by atoms with Crippen LogP contribution in [0.3, 0.4) is 0 Å². The summed E-state index contributed by atoms with van der Waals surface area (Å²) in [6, 6.07) is 96.2. The molecule has 0 unspecified atom stereocenters. The molecule has 0 bridgehead atoms. The average Bonchev–Trinajstić information content (AvgIpc) is 3.38. The van der Waals surface area contributed by atoms with E-state index in [1.54, 1.807) is 0 Å². The van der Waals surface area contributed by atoms with Crippen molar-refractivity contribution in [2.75, 3.05) is 9.80 Å². The van der Waals surface area contributed by atoms with Crippen LogP contribution in [0.15, 0.2) is 267 Å². The molecule has 0 aromatic heterocycles. The Morgan fingerprint density at radius 1 is 0.156 bits per heavy atom. The summed E-state index contributed by atoms with van der Waals surface area (Å²) in [7, 11) is 0. The van der Waals surface area contributed by atoms with E-state index in [1.807, 2.05) is 0 Å². The lowest BCUT2D eigenvalue weighted by atomic mass is 9.99. The molecule has 0 N–H and O–H groups in total. The summed E-state index contributed by atoms with van der Waals surface area (Å²) in [5.74, 6) is 0. The summed E-state index contributed by atoms with van der Waals surface area (Å²) in [5, 5.41) is 4.89. The summed E-state index contributed by atoms with van der Waals surface area (Å²) < 4.78 is 0. The fraction of sp³-hybridized carbons (Fsp3) is 0. The Labute approximate surface area is 375 Å². The third-order valence-electron chi connectivity index (χ3n) is 12.3. The zero-order valence-corrected chi connectivity index (χ0v) is 35.3. The van der Waals surface area contributed by atoms with Crippen LogP contribution in [-0.2, 0) is 0 Å². The average molecular weight is 817 g/mol. The molecule has 11 aromatic rings. The molecule has 302 valence electrons. The second kappa shape index (κ2) is 17.1.